The maximum absolute atomic E-state index is 12.4. The zero-order chi connectivity index (χ0) is 55.9. The summed E-state index contributed by atoms with van der Waals surface area (Å²) >= 11 is 3.46. The Morgan fingerprint density at radius 1 is 0.681 bits per heavy atom. The van der Waals surface area contributed by atoms with E-state index in [2.05, 4.69) is 32.4 Å². The van der Waals surface area contributed by atoms with Gasteiger partial charge in [0.2, 0.25) is 0 Å². The molecule has 3 aliphatic carbocycles. The number of hydrogen-bond donors (Lipinski definition) is 1. The first kappa shape index (κ1) is 67.6. The van der Waals surface area contributed by atoms with Crippen LogP contribution in [0.15, 0.2) is 53.7 Å². The minimum Gasteiger partial charge on any atom is -1.00 e. The number of ether oxygens (including phenoxy) is 3. The van der Waals surface area contributed by atoms with Gasteiger partial charge in [-0.3, -0.25) is 19.2 Å². The van der Waals surface area contributed by atoms with Gasteiger partial charge in [-0.2, -0.15) is 77.4 Å². The number of thiol groups is 1. The summed E-state index contributed by atoms with van der Waals surface area (Å²) in [6, 6.07) is 3.85. The monoisotopic (exact) mass is 1160 g/mol. The normalized spacial score (nSPS) is 20.3. The van der Waals surface area contributed by atoms with Crippen LogP contribution in [0.4, 0.5) is 45.2 Å². The van der Waals surface area contributed by atoms with Gasteiger partial charge in [0.1, 0.15) is 11.5 Å². The molecule has 32 heteroatoms. The van der Waals surface area contributed by atoms with E-state index < -0.39 is 68.0 Å². The van der Waals surface area contributed by atoms with Crippen molar-refractivity contribution in [1.29, 1.82) is 0 Å². The molecule has 0 aromatic heterocycles. The van der Waals surface area contributed by atoms with Crippen LogP contribution in [-0.2, 0) is 77.0 Å². The molecule has 0 spiro atoms. The molecule has 1 saturated carbocycles. The number of esters is 3. The number of benzene rings is 1. The predicted molar refractivity (Wildman–Crippen MR) is 241 cm³/mol. The van der Waals surface area contributed by atoms with Gasteiger partial charge in [0, 0.05) is 20.6 Å². The molecule has 5 rings (SSSR count). The van der Waals surface area contributed by atoms with Crippen molar-refractivity contribution in [2.45, 2.75) is 120 Å². The first-order chi connectivity index (χ1) is 32.8. The van der Waals surface area contributed by atoms with E-state index in [9.17, 15) is 83.9 Å². The summed E-state index contributed by atoms with van der Waals surface area (Å²) < 4.78 is 211. The average Bonchev–Trinajstić information content (AvgIpc) is 3.51. The van der Waals surface area contributed by atoms with Crippen LogP contribution in [0.25, 0.3) is 0 Å². The van der Waals surface area contributed by atoms with Crippen LogP contribution in [0, 0.1) is 17.8 Å². The fourth-order valence-electron chi connectivity index (χ4n) is 6.39. The molecule has 1 saturated heterocycles. The average molecular weight is 1160 g/mol. The molecule has 0 N–H and O–H groups in total. The van der Waals surface area contributed by atoms with E-state index in [4.69, 9.17) is 15.4 Å². The second kappa shape index (κ2) is 28.6. The third-order valence-electron chi connectivity index (χ3n) is 11.0. The maximum atomic E-state index is 12.4. The Kier molecular flexibility index (Phi) is 26.9. The summed E-state index contributed by atoms with van der Waals surface area (Å²) in [7, 11) is -15.5. The van der Waals surface area contributed by atoms with Crippen molar-refractivity contribution in [1.82, 2.24) is 0 Å². The number of halogens is 9. The van der Waals surface area contributed by atoms with Crippen LogP contribution < -0.4 is 55.1 Å². The van der Waals surface area contributed by atoms with Gasteiger partial charge < -0.3 is 29.1 Å². The van der Waals surface area contributed by atoms with E-state index in [1.54, 1.807) is 0 Å². The van der Waals surface area contributed by atoms with Crippen molar-refractivity contribution < 1.29 is 166 Å². The van der Waals surface area contributed by atoms with Crippen molar-refractivity contribution in [3.05, 3.63) is 53.7 Å². The molecule has 1 heterocycles. The molecular formula is C40H56BF9KNO16S4. The molecule has 2 unspecified atom stereocenters. The van der Waals surface area contributed by atoms with Gasteiger partial charge in [0.25, 0.3) is 0 Å². The standard InChI is InChI=1S/C14H23BO4.C9H11F3O5S.C8H5F6NO4S2.C8H12O3.CH4S.K.H/c1-13(2)14(3,4)19-15(18-13)11-8-6-10(7-9-11)12(16)17-5;1-16-8(13)6-2-4-7(5-3-6)17-18(14,15)9(10,11)12;9-7(10,11)20(16,17)15(6-4-2-1-3-5-6)21(18,19)8(12,13)14;1-11-8(10)6-2-4-7(9)5-3-6;1-2;;/h8,10H,6-7,9H2,1-5H3;4,6H,2-3,5H2,1H3;1-5H;6H,2-5H2,1H3;2H,1H3;;/q;;;;;+1;-1/i;;;;1D;;. The van der Waals surface area contributed by atoms with E-state index in [0.29, 0.717) is 44.2 Å². The number of allylic oxidation sites excluding steroid dienone is 4. The van der Waals surface area contributed by atoms with Gasteiger partial charge >= 0.3 is 123 Å². The number of rotatable bonds is 9. The van der Waals surface area contributed by atoms with Gasteiger partial charge in [-0.25, -0.2) is 0 Å². The van der Waals surface area contributed by atoms with Crippen LogP contribution in [0.3, 0.4) is 0 Å². The third kappa shape index (κ3) is 19.3. The maximum Gasteiger partial charge on any atom is 1.00 e. The number of carbonyl (C=O) groups excluding carboxylic acids is 4. The summed E-state index contributed by atoms with van der Waals surface area (Å²) in [5.41, 5.74) is -18.7. The topological polar surface area (TPSA) is 229 Å². The molecule has 2 atom stereocenters. The Bertz CT molecular complexity index is 2350. The van der Waals surface area contributed by atoms with Gasteiger partial charge in [0.05, 0.1) is 56.0 Å². The van der Waals surface area contributed by atoms with Crippen LogP contribution >= 0.6 is 12.6 Å². The second-order valence-electron chi connectivity index (χ2n) is 16.3. The van der Waals surface area contributed by atoms with Crippen molar-refractivity contribution in [3.63, 3.8) is 0 Å². The van der Waals surface area contributed by atoms with Gasteiger partial charge in [-0.15, -0.1) is 3.71 Å². The first-order valence-corrected chi connectivity index (χ1v) is 25.6. The number of Topliss-reactive ketones (excluding diaryl/α,β-unsaturated/α-hetero) is 1. The Balaban J connectivity index is 0. The zero-order valence-electron chi connectivity index (χ0n) is 42.2. The van der Waals surface area contributed by atoms with Gasteiger partial charge in [-0.05, 0) is 103 Å². The predicted octanol–water partition coefficient (Wildman–Crippen LogP) is 5.00. The smallest absolute Gasteiger partial charge is 1.00 e. The Hall–Kier alpha value is -2.43. The molecule has 17 nitrogen and oxygen atoms in total. The van der Waals surface area contributed by atoms with E-state index in [0.717, 1.165) is 42.6 Å². The molecule has 2 fully saturated rings. The number of carbonyl (C=O) groups is 4. The Labute approximate surface area is 463 Å². The molecule has 0 bridgehead atoms. The molecular weight excluding hydrogens is 1100 g/mol. The van der Waals surface area contributed by atoms with Crippen molar-refractivity contribution >= 4 is 79.3 Å². The minimum absolute atomic E-state index is 0. The van der Waals surface area contributed by atoms with E-state index in [1.165, 1.54) is 21.3 Å². The fourth-order valence-corrected chi connectivity index (χ4v) is 9.63. The first-order valence-electron chi connectivity index (χ1n) is 21.4. The van der Waals surface area contributed by atoms with Crippen molar-refractivity contribution in [2.75, 3.05) is 31.3 Å². The summed E-state index contributed by atoms with van der Waals surface area (Å²) in [6.07, 6.45) is 8.43. The Morgan fingerprint density at radius 2 is 1.06 bits per heavy atom. The fraction of sp³-hybridized carbons (Fsp3) is 0.650. The van der Waals surface area contributed by atoms with E-state index in [1.807, 2.05) is 27.7 Å². The molecule has 1 aromatic carbocycles. The molecule has 4 aliphatic rings. The van der Waals surface area contributed by atoms with E-state index in [-0.39, 0.29) is 132 Å². The molecule has 72 heavy (non-hydrogen) atoms. The SMILES string of the molecule is COC(=O)C1CC=C(B2OC(C)(C)C(C)(C)O2)CC1.COC(=O)C1CC=C(OS(=O)(=O)C(F)(F)F)CC1.COC(=O)C1CCC(=O)CC1.O=S(=O)(N(c1ccccc1)S(=O)(=O)C(F)(F)F)C(F)(F)F.[2H]CS.[H-].[K+]. The number of alkyl halides is 9. The number of para-hydroxylation sites is 1. The Morgan fingerprint density at radius 3 is 1.39 bits per heavy atom. The van der Waals surface area contributed by atoms with Crippen LogP contribution in [0.2, 0.25) is 0 Å². The molecule has 1 aliphatic heterocycles. The third-order valence-corrected chi connectivity index (χ3v) is 15.6. The summed E-state index contributed by atoms with van der Waals surface area (Å²) in [5.74, 6) is -1.33. The number of hydrogen-bond acceptors (Lipinski definition) is 17. The second-order valence-corrected chi connectivity index (χ2v) is 21.6. The number of nitrogens with zero attached hydrogens (tertiary/aromatic N) is 1. The minimum atomic E-state index is -6.81. The molecule has 1 aromatic rings. The van der Waals surface area contributed by atoms with Crippen LogP contribution in [-0.4, -0.2) is 111 Å². The van der Waals surface area contributed by atoms with Crippen LogP contribution in [0.1, 0.15) is 94.7 Å². The molecule has 0 amide bonds. The van der Waals surface area contributed by atoms with Gasteiger partial charge in [-0.1, -0.05) is 24.3 Å². The van der Waals surface area contributed by atoms with Crippen LogP contribution in [0.5, 0.6) is 0 Å². The largest absolute Gasteiger partial charge is 1.00 e. The van der Waals surface area contributed by atoms with E-state index >= 15 is 0 Å². The van der Waals surface area contributed by atoms with Crippen molar-refractivity contribution in [2.24, 2.45) is 17.8 Å². The summed E-state index contributed by atoms with van der Waals surface area (Å²) in [4.78, 5) is 44.3. The molecule has 0 radical (unpaired) electrons. The quantitative estimate of drug-likeness (QED) is 0.0653. The number of sulfonamides is 2. The number of anilines is 1. The summed E-state index contributed by atoms with van der Waals surface area (Å²) in [6.45, 7) is 8.20. The molecule has 408 valence electrons. The number of methoxy groups -OCH3 is 3. The number of ketones is 1. The zero-order valence-corrected chi connectivity index (χ0v) is 46.6. The van der Waals surface area contributed by atoms with Crippen molar-refractivity contribution in [3.8, 4) is 0 Å². The summed E-state index contributed by atoms with van der Waals surface area (Å²) in [5, 5.41) is 0. The van der Waals surface area contributed by atoms with Gasteiger partial charge in [0.15, 0.2) is 0 Å².